The molecule has 0 unspecified atom stereocenters. The van der Waals surface area contributed by atoms with Crippen LogP contribution in [0.2, 0.25) is 0 Å². The number of para-hydroxylation sites is 1. The molecule has 0 N–H and O–H groups in total. The second kappa shape index (κ2) is 4.94. The molecule has 0 fully saturated rings. The topological polar surface area (TPSA) is 138 Å². The van der Waals surface area contributed by atoms with E-state index in [0.717, 1.165) is 23.0 Å². The van der Waals surface area contributed by atoms with E-state index in [-0.39, 0.29) is 0 Å². The van der Waals surface area contributed by atoms with Crippen molar-refractivity contribution >= 4 is 21.3 Å². The second-order valence-electron chi connectivity index (χ2n) is 3.97. The highest BCUT2D eigenvalue weighted by Gasteiger charge is 2.37. The molecule has 2 aromatic rings. The van der Waals surface area contributed by atoms with Gasteiger partial charge in [-0.3, -0.25) is 14.7 Å². The van der Waals surface area contributed by atoms with Crippen LogP contribution in [-0.4, -0.2) is 27.8 Å². The van der Waals surface area contributed by atoms with Crippen molar-refractivity contribution in [3.05, 3.63) is 50.8 Å². The van der Waals surface area contributed by atoms with Crippen molar-refractivity contribution in [2.45, 2.75) is 9.92 Å². The summed E-state index contributed by atoms with van der Waals surface area (Å²) < 4.78 is 25.9. The number of aryl methyl sites for hydroxylation is 1. The maximum atomic E-state index is 12.5. The molecule has 0 aliphatic carbocycles. The van der Waals surface area contributed by atoms with Crippen molar-refractivity contribution in [3.63, 3.8) is 0 Å². The monoisotopic (exact) mass is 312 g/mol. The summed E-state index contributed by atoms with van der Waals surface area (Å²) in [6.45, 7) is 0. The van der Waals surface area contributed by atoms with Gasteiger partial charge in [0.15, 0.2) is 4.90 Å². The van der Waals surface area contributed by atoms with Gasteiger partial charge in [0, 0.05) is 13.1 Å². The van der Waals surface area contributed by atoms with Crippen LogP contribution in [0.1, 0.15) is 0 Å². The van der Waals surface area contributed by atoms with Gasteiger partial charge in [0.2, 0.25) is 21.2 Å². The highest BCUT2D eigenvalue weighted by Crippen LogP contribution is 2.32. The summed E-state index contributed by atoms with van der Waals surface area (Å²) >= 11 is 0. The molecule has 11 heteroatoms. The molecule has 0 aliphatic rings. The third kappa shape index (κ3) is 2.33. The van der Waals surface area contributed by atoms with Crippen LogP contribution in [0.4, 0.5) is 11.5 Å². The number of nitro groups is 2. The number of nitrogens with zero attached hydrogens (tertiary/aromatic N) is 4. The van der Waals surface area contributed by atoms with Gasteiger partial charge in [-0.2, -0.15) is 0 Å². The molecule has 1 aromatic carbocycles. The number of nitro benzene ring substituents is 1. The van der Waals surface area contributed by atoms with Gasteiger partial charge in [-0.15, -0.1) is 0 Å². The highest BCUT2D eigenvalue weighted by molar-refractivity contribution is 7.91. The van der Waals surface area contributed by atoms with Crippen LogP contribution in [0.3, 0.4) is 0 Å². The van der Waals surface area contributed by atoms with E-state index in [2.05, 4.69) is 4.98 Å². The average molecular weight is 312 g/mol. The Hall–Kier alpha value is -2.82. The van der Waals surface area contributed by atoms with Crippen LogP contribution in [0.5, 0.6) is 0 Å². The summed E-state index contributed by atoms with van der Waals surface area (Å²) in [5.74, 6) is -0.879. The molecular formula is C10H8N4O6S. The van der Waals surface area contributed by atoms with E-state index >= 15 is 0 Å². The highest BCUT2D eigenvalue weighted by atomic mass is 32.2. The van der Waals surface area contributed by atoms with Crippen LogP contribution >= 0.6 is 0 Å². The van der Waals surface area contributed by atoms with Gasteiger partial charge < -0.3 is 10.1 Å². The Morgan fingerprint density at radius 3 is 2.33 bits per heavy atom. The van der Waals surface area contributed by atoms with Gasteiger partial charge in [0.1, 0.15) is 0 Å². The summed E-state index contributed by atoms with van der Waals surface area (Å²) in [6.07, 6.45) is 0.958. The fourth-order valence-corrected chi connectivity index (χ4v) is 3.46. The molecular weight excluding hydrogens is 304 g/mol. The molecule has 110 valence electrons. The smallest absolute Gasteiger partial charge is 0.358 e. The van der Waals surface area contributed by atoms with Gasteiger partial charge in [0.05, 0.1) is 4.92 Å². The maximum Gasteiger partial charge on any atom is 0.401 e. The number of aromatic nitrogens is 2. The number of benzene rings is 1. The van der Waals surface area contributed by atoms with Crippen molar-refractivity contribution in [1.82, 2.24) is 9.55 Å². The molecule has 0 saturated heterocycles. The molecule has 10 nitrogen and oxygen atoms in total. The summed E-state index contributed by atoms with van der Waals surface area (Å²) in [5, 5.41) is 21.1. The van der Waals surface area contributed by atoms with E-state index in [4.69, 9.17) is 0 Å². The van der Waals surface area contributed by atoms with Gasteiger partial charge >= 0.3 is 5.82 Å². The minimum absolute atomic E-state index is 0.623. The number of imidazole rings is 1. The molecule has 0 saturated carbocycles. The first kappa shape index (κ1) is 14.6. The summed E-state index contributed by atoms with van der Waals surface area (Å²) in [5.41, 5.74) is -0.659. The van der Waals surface area contributed by atoms with Crippen LogP contribution in [0.15, 0.2) is 40.5 Å². The molecule has 0 bridgehead atoms. The van der Waals surface area contributed by atoms with Gasteiger partial charge in [-0.05, 0) is 16.0 Å². The zero-order chi connectivity index (χ0) is 15.8. The van der Waals surface area contributed by atoms with E-state index in [1.807, 2.05) is 0 Å². The molecule has 0 spiro atoms. The zero-order valence-corrected chi connectivity index (χ0v) is 11.3. The first-order valence-electron chi connectivity index (χ1n) is 5.41. The average Bonchev–Trinajstić information content (AvgIpc) is 2.81. The molecule has 0 atom stereocenters. The SMILES string of the molecule is Cn1cnc([N+](=O)[O-])c1S(=O)(=O)c1ccccc1[N+](=O)[O-]. The Morgan fingerprint density at radius 2 is 1.76 bits per heavy atom. The normalized spacial score (nSPS) is 11.3. The van der Waals surface area contributed by atoms with Crippen molar-refractivity contribution < 1.29 is 18.3 Å². The first-order chi connectivity index (χ1) is 9.76. The predicted octanol–water partition coefficient (Wildman–Crippen LogP) is 1.07. The largest absolute Gasteiger partial charge is 0.401 e. The van der Waals surface area contributed by atoms with Crippen molar-refractivity contribution in [2.24, 2.45) is 7.05 Å². The Labute approximate surface area is 117 Å². The van der Waals surface area contributed by atoms with Crippen molar-refractivity contribution in [3.8, 4) is 0 Å². The fraction of sp³-hybridized carbons (Fsp3) is 0.100. The number of rotatable bonds is 4. The minimum atomic E-state index is -4.46. The lowest BCUT2D eigenvalue weighted by atomic mass is 10.3. The second-order valence-corrected chi connectivity index (χ2v) is 5.80. The molecule has 2 rings (SSSR count). The molecule has 0 aliphatic heterocycles. The molecule has 21 heavy (non-hydrogen) atoms. The third-order valence-electron chi connectivity index (χ3n) is 2.64. The number of hydrogen-bond donors (Lipinski definition) is 0. The number of hydrogen-bond acceptors (Lipinski definition) is 7. The van der Waals surface area contributed by atoms with E-state index in [1.54, 1.807) is 0 Å². The Balaban J connectivity index is 2.78. The minimum Gasteiger partial charge on any atom is -0.358 e. The molecule has 1 heterocycles. The van der Waals surface area contributed by atoms with Crippen molar-refractivity contribution in [2.75, 3.05) is 0 Å². The van der Waals surface area contributed by atoms with E-state index in [0.29, 0.717) is 0 Å². The summed E-state index contributed by atoms with van der Waals surface area (Å²) in [7, 11) is -3.21. The lowest BCUT2D eigenvalue weighted by Gasteiger charge is -2.05. The van der Waals surface area contributed by atoms with E-state index in [9.17, 15) is 28.6 Å². The summed E-state index contributed by atoms with van der Waals surface area (Å²) in [6, 6.07) is 4.62. The molecule has 1 aromatic heterocycles. The maximum absolute atomic E-state index is 12.5. The van der Waals surface area contributed by atoms with Crippen LogP contribution in [0.25, 0.3) is 0 Å². The number of sulfone groups is 1. The van der Waals surface area contributed by atoms with Gasteiger partial charge in [0.25, 0.3) is 5.69 Å². The quantitative estimate of drug-likeness (QED) is 0.607. The zero-order valence-electron chi connectivity index (χ0n) is 10.5. The molecule has 0 radical (unpaired) electrons. The van der Waals surface area contributed by atoms with E-state index < -0.39 is 41.1 Å². The Kier molecular flexibility index (Phi) is 3.43. The van der Waals surface area contributed by atoms with Gasteiger partial charge in [-0.25, -0.2) is 8.42 Å². The van der Waals surface area contributed by atoms with Crippen molar-refractivity contribution in [1.29, 1.82) is 0 Å². The van der Waals surface area contributed by atoms with Crippen LogP contribution in [0, 0.1) is 20.2 Å². The van der Waals surface area contributed by atoms with Gasteiger partial charge in [-0.1, -0.05) is 12.1 Å². The first-order valence-corrected chi connectivity index (χ1v) is 6.89. The standard InChI is InChI=1S/C10H8N4O6S/c1-12-6-11-9(14(17)18)10(12)21(19,20)8-5-3-2-4-7(8)13(15)16/h2-6H,1H3. The lowest BCUT2D eigenvalue weighted by Crippen LogP contribution is -2.11. The summed E-state index contributed by atoms with van der Waals surface area (Å²) in [4.78, 5) is 22.7. The predicted molar refractivity (Wildman–Crippen MR) is 68.4 cm³/mol. The fourth-order valence-electron chi connectivity index (χ4n) is 1.78. The molecule has 0 amide bonds. The van der Waals surface area contributed by atoms with Crippen LogP contribution in [-0.2, 0) is 16.9 Å². The Morgan fingerprint density at radius 1 is 1.14 bits per heavy atom. The third-order valence-corrected chi connectivity index (χ3v) is 4.55. The van der Waals surface area contributed by atoms with Crippen LogP contribution < -0.4 is 0 Å². The Bertz CT molecular complexity index is 841. The lowest BCUT2D eigenvalue weighted by molar-refractivity contribution is -0.392. The van der Waals surface area contributed by atoms with E-state index in [1.165, 1.54) is 19.2 Å².